The highest BCUT2D eigenvalue weighted by molar-refractivity contribution is 14.0. The molecule has 0 amide bonds. The first kappa shape index (κ1) is 17.6. The number of hydrogen-bond donors (Lipinski definition) is 2. The zero-order chi connectivity index (χ0) is 15.4. The lowest BCUT2D eigenvalue weighted by molar-refractivity contribution is 0.760. The van der Waals surface area contributed by atoms with E-state index in [0.29, 0.717) is 19.0 Å². The van der Waals surface area contributed by atoms with E-state index in [9.17, 15) is 0 Å². The molecule has 0 saturated carbocycles. The first-order valence-corrected chi connectivity index (χ1v) is 7.78. The van der Waals surface area contributed by atoms with Crippen LogP contribution in [0.15, 0.2) is 34.8 Å². The molecular weight excluding hydrogens is 425 g/mol. The van der Waals surface area contributed by atoms with Crippen molar-refractivity contribution in [3.8, 4) is 0 Å². The van der Waals surface area contributed by atoms with Crippen LogP contribution in [0, 0.1) is 6.92 Å². The molecule has 23 heavy (non-hydrogen) atoms. The first-order valence-electron chi connectivity index (χ1n) is 6.90. The van der Waals surface area contributed by atoms with Crippen molar-refractivity contribution in [2.45, 2.75) is 20.0 Å². The van der Waals surface area contributed by atoms with Crippen LogP contribution in [0.25, 0.3) is 5.65 Å². The van der Waals surface area contributed by atoms with Gasteiger partial charge in [0.15, 0.2) is 17.4 Å². The van der Waals surface area contributed by atoms with Crippen LogP contribution in [-0.4, -0.2) is 32.6 Å². The average molecular weight is 443 g/mol. The van der Waals surface area contributed by atoms with E-state index in [1.165, 1.54) is 0 Å². The molecule has 0 spiro atoms. The molecular formula is C14H18IN7S. The van der Waals surface area contributed by atoms with Gasteiger partial charge in [-0.05, 0) is 19.1 Å². The molecule has 0 radical (unpaired) electrons. The topological polar surface area (TPSA) is 79.5 Å². The minimum Gasteiger partial charge on any atom is -0.350 e. The Morgan fingerprint density at radius 1 is 1.26 bits per heavy atom. The second-order valence-corrected chi connectivity index (χ2v) is 5.65. The van der Waals surface area contributed by atoms with Crippen LogP contribution in [-0.2, 0) is 13.1 Å². The van der Waals surface area contributed by atoms with Crippen LogP contribution in [0.1, 0.15) is 16.5 Å². The van der Waals surface area contributed by atoms with Gasteiger partial charge in [-0.25, -0.2) is 4.98 Å². The number of rotatable bonds is 4. The molecule has 0 aliphatic carbocycles. The van der Waals surface area contributed by atoms with Gasteiger partial charge in [0.25, 0.3) is 0 Å². The molecule has 2 N–H and O–H groups in total. The third-order valence-electron chi connectivity index (χ3n) is 3.10. The molecule has 122 valence electrons. The lowest BCUT2D eigenvalue weighted by Gasteiger charge is -2.09. The maximum Gasteiger partial charge on any atom is 0.191 e. The fourth-order valence-electron chi connectivity index (χ4n) is 2.04. The quantitative estimate of drug-likeness (QED) is 0.366. The van der Waals surface area contributed by atoms with Gasteiger partial charge in [-0.1, -0.05) is 6.07 Å². The van der Waals surface area contributed by atoms with Crippen LogP contribution in [0.2, 0.25) is 0 Å². The number of pyridine rings is 1. The monoisotopic (exact) mass is 443 g/mol. The highest BCUT2D eigenvalue weighted by atomic mass is 127. The van der Waals surface area contributed by atoms with Gasteiger partial charge in [-0.2, -0.15) is 0 Å². The third kappa shape index (κ3) is 4.38. The molecule has 0 aliphatic heterocycles. The summed E-state index contributed by atoms with van der Waals surface area (Å²) in [5.41, 5.74) is 1.88. The number of aromatic nitrogens is 4. The van der Waals surface area contributed by atoms with E-state index in [4.69, 9.17) is 0 Å². The normalized spacial score (nSPS) is 11.3. The predicted molar refractivity (Wildman–Crippen MR) is 102 cm³/mol. The van der Waals surface area contributed by atoms with E-state index in [2.05, 4.69) is 30.8 Å². The van der Waals surface area contributed by atoms with Gasteiger partial charge in [0.05, 0.1) is 13.1 Å². The molecule has 3 aromatic rings. The summed E-state index contributed by atoms with van der Waals surface area (Å²) in [7, 11) is 1.74. The molecule has 3 rings (SSSR count). The van der Waals surface area contributed by atoms with Gasteiger partial charge in [0.2, 0.25) is 0 Å². The Hall–Kier alpha value is -1.75. The summed E-state index contributed by atoms with van der Waals surface area (Å²) in [5, 5.41) is 17.8. The highest BCUT2D eigenvalue weighted by Gasteiger charge is 2.06. The summed E-state index contributed by atoms with van der Waals surface area (Å²) in [5.74, 6) is 1.55. The smallest absolute Gasteiger partial charge is 0.191 e. The summed E-state index contributed by atoms with van der Waals surface area (Å²) >= 11 is 1.64. The number of fused-ring (bicyclic) bond motifs is 1. The number of aryl methyl sites for hydroxylation is 1. The Kier molecular flexibility index (Phi) is 6.28. The number of thiazole rings is 1. The van der Waals surface area contributed by atoms with Gasteiger partial charge in [0, 0.05) is 24.3 Å². The Balaban J connectivity index is 0.00000192. The fourth-order valence-corrected chi connectivity index (χ4v) is 2.75. The van der Waals surface area contributed by atoms with E-state index < -0.39 is 0 Å². The second kappa shape index (κ2) is 8.20. The summed E-state index contributed by atoms with van der Waals surface area (Å²) in [6, 6.07) is 5.82. The molecule has 0 saturated heterocycles. The molecule has 3 aromatic heterocycles. The van der Waals surface area contributed by atoms with Gasteiger partial charge in [-0.3, -0.25) is 9.39 Å². The molecule has 0 atom stereocenters. The molecule has 9 heteroatoms. The van der Waals surface area contributed by atoms with Crippen molar-refractivity contribution < 1.29 is 0 Å². The van der Waals surface area contributed by atoms with Crippen molar-refractivity contribution in [2.75, 3.05) is 7.05 Å². The molecule has 0 aliphatic rings. The summed E-state index contributed by atoms with van der Waals surface area (Å²) in [6.45, 7) is 3.18. The van der Waals surface area contributed by atoms with Crippen molar-refractivity contribution in [1.29, 1.82) is 0 Å². The van der Waals surface area contributed by atoms with Crippen molar-refractivity contribution in [3.05, 3.63) is 46.3 Å². The lowest BCUT2D eigenvalue weighted by Crippen LogP contribution is -2.36. The van der Waals surface area contributed by atoms with E-state index in [0.717, 1.165) is 22.2 Å². The third-order valence-corrected chi connectivity index (χ3v) is 4.06. The van der Waals surface area contributed by atoms with Gasteiger partial charge >= 0.3 is 0 Å². The van der Waals surface area contributed by atoms with Gasteiger partial charge in [-0.15, -0.1) is 45.5 Å². The Morgan fingerprint density at radius 3 is 2.83 bits per heavy atom. The summed E-state index contributed by atoms with van der Waals surface area (Å²) in [6.07, 6.45) is 1.95. The standard InChI is InChI=1S/C14H17N7S.HI/c1-10-9-22-13(18-10)8-17-14(15-2)16-7-12-20-19-11-5-3-4-6-21(11)12;/h3-6,9H,7-8H2,1-2H3,(H2,15,16,17);1H. The highest BCUT2D eigenvalue weighted by Crippen LogP contribution is 2.07. The number of hydrogen-bond acceptors (Lipinski definition) is 5. The number of nitrogens with zero attached hydrogens (tertiary/aromatic N) is 5. The van der Waals surface area contributed by atoms with Gasteiger partial charge < -0.3 is 10.6 Å². The molecule has 0 unspecified atom stereocenters. The average Bonchev–Trinajstić information content (AvgIpc) is 3.14. The Morgan fingerprint density at radius 2 is 2.09 bits per heavy atom. The van der Waals surface area contributed by atoms with Crippen molar-refractivity contribution in [1.82, 2.24) is 30.2 Å². The Bertz CT molecular complexity index is 795. The van der Waals surface area contributed by atoms with Crippen LogP contribution < -0.4 is 10.6 Å². The predicted octanol–water partition coefficient (Wildman–Crippen LogP) is 1.98. The molecule has 7 nitrogen and oxygen atoms in total. The SMILES string of the molecule is CN=C(NCc1nc(C)cs1)NCc1nnc2ccccn12.I. The van der Waals surface area contributed by atoms with Crippen molar-refractivity contribution in [3.63, 3.8) is 0 Å². The number of aliphatic imine (C=N–C) groups is 1. The second-order valence-electron chi connectivity index (χ2n) is 4.71. The van der Waals surface area contributed by atoms with Gasteiger partial charge in [0.1, 0.15) is 5.01 Å². The maximum absolute atomic E-state index is 4.41. The summed E-state index contributed by atoms with van der Waals surface area (Å²) in [4.78, 5) is 8.62. The van der Waals surface area contributed by atoms with Crippen LogP contribution >= 0.6 is 35.3 Å². The minimum atomic E-state index is 0. The van der Waals surface area contributed by atoms with Crippen molar-refractivity contribution >= 4 is 46.9 Å². The largest absolute Gasteiger partial charge is 0.350 e. The number of nitrogens with one attached hydrogen (secondary N) is 2. The molecule has 0 aromatic carbocycles. The van der Waals surface area contributed by atoms with Crippen molar-refractivity contribution in [2.24, 2.45) is 4.99 Å². The summed E-state index contributed by atoms with van der Waals surface area (Å²) < 4.78 is 1.95. The fraction of sp³-hybridized carbons (Fsp3) is 0.286. The van der Waals surface area contributed by atoms with E-state index in [-0.39, 0.29) is 24.0 Å². The van der Waals surface area contributed by atoms with Crippen LogP contribution in [0.5, 0.6) is 0 Å². The van der Waals surface area contributed by atoms with Crippen LogP contribution in [0.4, 0.5) is 0 Å². The first-order chi connectivity index (χ1) is 10.8. The van der Waals surface area contributed by atoms with E-state index in [1.807, 2.05) is 41.1 Å². The molecule has 0 bridgehead atoms. The number of halogens is 1. The lowest BCUT2D eigenvalue weighted by atomic mass is 10.4. The molecule has 0 fully saturated rings. The van der Waals surface area contributed by atoms with Crippen LogP contribution in [0.3, 0.4) is 0 Å². The Labute approximate surface area is 155 Å². The number of guanidine groups is 1. The maximum atomic E-state index is 4.41. The molecule has 3 heterocycles. The minimum absolute atomic E-state index is 0. The van der Waals surface area contributed by atoms with E-state index >= 15 is 0 Å². The van der Waals surface area contributed by atoms with E-state index in [1.54, 1.807) is 18.4 Å². The zero-order valence-electron chi connectivity index (χ0n) is 12.9. The zero-order valence-corrected chi connectivity index (χ0v) is 16.0.